The lowest BCUT2D eigenvalue weighted by molar-refractivity contribution is -0.133. The van der Waals surface area contributed by atoms with Gasteiger partial charge < -0.3 is 10.2 Å². The summed E-state index contributed by atoms with van der Waals surface area (Å²) >= 11 is 1.47. The van der Waals surface area contributed by atoms with Gasteiger partial charge >= 0.3 is 0 Å². The van der Waals surface area contributed by atoms with Crippen LogP contribution >= 0.6 is 11.8 Å². The van der Waals surface area contributed by atoms with E-state index in [9.17, 15) is 9.59 Å². The number of tetrazole rings is 1. The van der Waals surface area contributed by atoms with Crippen molar-refractivity contribution in [3.63, 3.8) is 0 Å². The Morgan fingerprint density at radius 1 is 1.33 bits per heavy atom. The Kier molecular flexibility index (Phi) is 7.01. The van der Waals surface area contributed by atoms with Gasteiger partial charge in [-0.15, -0.1) is 5.10 Å². The van der Waals surface area contributed by atoms with Gasteiger partial charge in [-0.05, 0) is 29.2 Å². The molecule has 2 heterocycles. The van der Waals surface area contributed by atoms with E-state index in [2.05, 4.69) is 34.7 Å². The first-order valence-electron chi connectivity index (χ1n) is 8.38. The number of thioether (sulfide) groups is 1. The second-order valence-electron chi connectivity index (χ2n) is 6.50. The number of likely N-dealkylation sites (tertiary alicyclic amines) is 1. The van der Waals surface area contributed by atoms with E-state index in [1.54, 1.807) is 11.7 Å². The molecule has 0 aromatic carbocycles. The Morgan fingerprint density at radius 3 is 2.62 bits per heavy atom. The molecular weight excluding hydrogens is 328 g/mol. The van der Waals surface area contributed by atoms with Crippen LogP contribution in [0, 0.1) is 5.92 Å². The van der Waals surface area contributed by atoms with Crippen molar-refractivity contribution in [3.8, 4) is 0 Å². The quantitative estimate of drug-likeness (QED) is 0.730. The third-order valence-electron chi connectivity index (χ3n) is 3.94. The van der Waals surface area contributed by atoms with Crippen LogP contribution in [-0.2, 0) is 16.6 Å². The predicted octanol–water partition coefficient (Wildman–Crippen LogP) is 0.846. The lowest BCUT2D eigenvalue weighted by Gasteiger charge is -2.32. The minimum atomic E-state index is 0.0459. The van der Waals surface area contributed by atoms with Crippen molar-refractivity contribution in [3.05, 3.63) is 0 Å². The van der Waals surface area contributed by atoms with Crippen molar-refractivity contribution < 1.29 is 9.59 Å². The summed E-state index contributed by atoms with van der Waals surface area (Å²) in [7, 11) is 1.77. The van der Waals surface area contributed by atoms with Gasteiger partial charge in [-0.25, -0.2) is 4.68 Å². The summed E-state index contributed by atoms with van der Waals surface area (Å²) in [5, 5.41) is 15.0. The first-order chi connectivity index (χ1) is 11.5. The van der Waals surface area contributed by atoms with Crippen LogP contribution < -0.4 is 5.32 Å². The molecule has 1 N–H and O–H groups in total. The van der Waals surface area contributed by atoms with Gasteiger partial charge in [-0.1, -0.05) is 25.6 Å². The molecule has 9 heteroatoms. The van der Waals surface area contributed by atoms with Crippen LogP contribution in [0.3, 0.4) is 0 Å². The molecule has 134 valence electrons. The van der Waals surface area contributed by atoms with E-state index in [0.717, 1.165) is 25.9 Å². The normalized spacial score (nSPS) is 15.8. The van der Waals surface area contributed by atoms with Crippen molar-refractivity contribution in [2.75, 3.05) is 18.8 Å². The van der Waals surface area contributed by atoms with Gasteiger partial charge in [0.1, 0.15) is 0 Å². The minimum Gasteiger partial charge on any atom is -0.353 e. The van der Waals surface area contributed by atoms with Crippen LogP contribution in [0.5, 0.6) is 0 Å². The number of aryl methyl sites for hydroxylation is 1. The van der Waals surface area contributed by atoms with Gasteiger partial charge in [0.2, 0.25) is 17.0 Å². The molecule has 0 aliphatic carbocycles. The average molecular weight is 354 g/mol. The number of rotatable bonds is 7. The van der Waals surface area contributed by atoms with Crippen molar-refractivity contribution in [1.82, 2.24) is 30.4 Å². The third kappa shape index (κ3) is 5.77. The fraction of sp³-hybridized carbons (Fsp3) is 0.800. The van der Waals surface area contributed by atoms with E-state index in [-0.39, 0.29) is 17.9 Å². The van der Waals surface area contributed by atoms with E-state index in [0.29, 0.717) is 29.7 Å². The van der Waals surface area contributed by atoms with Crippen molar-refractivity contribution >= 4 is 23.6 Å². The zero-order chi connectivity index (χ0) is 17.5. The predicted molar refractivity (Wildman–Crippen MR) is 91.3 cm³/mol. The number of hydrogen-bond donors (Lipinski definition) is 1. The summed E-state index contributed by atoms with van der Waals surface area (Å²) < 4.78 is 1.59. The Hall–Kier alpha value is -1.64. The topological polar surface area (TPSA) is 93.0 Å². The first-order valence-corrected chi connectivity index (χ1v) is 9.36. The van der Waals surface area contributed by atoms with E-state index in [4.69, 9.17) is 0 Å². The lowest BCUT2D eigenvalue weighted by Crippen LogP contribution is -2.46. The first kappa shape index (κ1) is 18.7. The van der Waals surface area contributed by atoms with Crippen molar-refractivity contribution in [2.24, 2.45) is 13.0 Å². The minimum absolute atomic E-state index is 0.0459. The maximum atomic E-state index is 12.0. The molecule has 8 nitrogen and oxygen atoms in total. The average Bonchev–Trinajstić information content (AvgIpc) is 2.92. The zero-order valence-corrected chi connectivity index (χ0v) is 15.4. The SMILES string of the molecule is CC(C)CC(=O)N1CCC(NC(=O)CCSc2nnnn2C)CC1. The number of piperidine rings is 1. The highest BCUT2D eigenvalue weighted by atomic mass is 32.2. The number of amides is 2. The van der Waals surface area contributed by atoms with Crippen LogP contribution in [0.1, 0.15) is 39.5 Å². The van der Waals surface area contributed by atoms with Crippen molar-refractivity contribution in [1.29, 1.82) is 0 Å². The molecule has 1 aromatic heterocycles. The Bertz CT molecular complexity index is 554. The van der Waals surface area contributed by atoms with E-state index >= 15 is 0 Å². The molecule has 0 spiro atoms. The molecule has 0 radical (unpaired) electrons. The number of carbonyl (C=O) groups excluding carboxylic acids is 2. The molecule has 0 atom stereocenters. The fourth-order valence-electron chi connectivity index (χ4n) is 2.63. The molecular formula is C15H26N6O2S. The molecule has 2 amide bonds. The van der Waals surface area contributed by atoms with Gasteiger partial charge in [0.15, 0.2) is 0 Å². The number of hydrogen-bond acceptors (Lipinski definition) is 6. The number of nitrogens with one attached hydrogen (secondary N) is 1. The van der Waals surface area contributed by atoms with E-state index in [1.807, 2.05) is 4.90 Å². The highest BCUT2D eigenvalue weighted by molar-refractivity contribution is 7.99. The molecule has 1 aliphatic heterocycles. The Balaban J connectivity index is 1.63. The molecule has 0 bridgehead atoms. The molecule has 1 fully saturated rings. The Labute approximate surface area is 146 Å². The van der Waals surface area contributed by atoms with Gasteiger partial charge in [0.25, 0.3) is 0 Å². The van der Waals surface area contributed by atoms with E-state index < -0.39 is 0 Å². The molecule has 2 rings (SSSR count). The second kappa shape index (κ2) is 9.00. The number of carbonyl (C=O) groups is 2. The molecule has 1 aromatic rings. The standard InChI is InChI=1S/C15H26N6O2S/c1-11(2)10-14(23)21-7-4-12(5-8-21)16-13(22)6-9-24-15-17-18-19-20(15)3/h11-12H,4-10H2,1-3H3,(H,16,22). The second-order valence-corrected chi connectivity index (χ2v) is 7.57. The summed E-state index contributed by atoms with van der Waals surface area (Å²) in [5.41, 5.74) is 0. The lowest BCUT2D eigenvalue weighted by atomic mass is 10.0. The zero-order valence-electron chi connectivity index (χ0n) is 14.6. The summed E-state index contributed by atoms with van der Waals surface area (Å²) in [4.78, 5) is 26.0. The van der Waals surface area contributed by atoms with Crippen LogP contribution in [0.15, 0.2) is 5.16 Å². The van der Waals surface area contributed by atoms with Crippen LogP contribution in [0.25, 0.3) is 0 Å². The van der Waals surface area contributed by atoms with Crippen LogP contribution in [0.4, 0.5) is 0 Å². The van der Waals surface area contributed by atoms with Gasteiger partial charge in [0, 0.05) is 44.8 Å². The highest BCUT2D eigenvalue weighted by Gasteiger charge is 2.24. The number of nitrogens with zero attached hydrogens (tertiary/aromatic N) is 5. The molecule has 24 heavy (non-hydrogen) atoms. The molecule has 0 unspecified atom stereocenters. The smallest absolute Gasteiger partial charge is 0.222 e. The van der Waals surface area contributed by atoms with Gasteiger partial charge in [-0.3, -0.25) is 9.59 Å². The maximum absolute atomic E-state index is 12.0. The van der Waals surface area contributed by atoms with Gasteiger partial charge in [-0.2, -0.15) is 0 Å². The largest absolute Gasteiger partial charge is 0.353 e. The molecule has 1 aliphatic rings. The summed E-state index contributed by atoms with van der Waals surface area (Å²) in [6.07, 6.45) is 2.70. The monoisotopic (exact) mass is 354 g/mol. The fourth-order valence-corrected chi connectivity index (χ4v) is 3.42. The summed E-state index contributed by atoms with van der Waals surface area (Å²) in [6, 6.07) is 0.169. The molecule has 0 saturated carbocycles. The van der Waals surface area contributed by atoms with Crippen LogP contribution in [-0.4, -0.2) is 61.8 Å². The van der Waals surface area contributed by atoms with Crippen molar-refractivity contribution in [2.45, 2.75) is 50.7 Å². The number of aromatic nitrogens is 4. The Morgan fingerprint density at radius 2 is 2.04 bits per heavy atom. The summed E-state index contributed by atoms with van der Waals surface area (Å²) in [6.45, 7) is 5.58. The highest BCUT2D eigenvalue weighted by Crippen LogP contribution is 2.15. The van der Waals surface area contributed by atoms with E-state index in [1.165, 1.54) is 11.8 Å². The third-order valence-corrected chi connectivity index (χ3v) is 4.95. The summed E-state index contributed by atoms with van der Waals surface area (Å²) in [5.74, 6) is 1.30. The maximum Gasteiger partial charge on any atom is 0.222 e. The van der Waals surface area contributed by atoms with Gasteiger partial charge in [0.05, 0.1) is 0 Å². The van der Waals surface area contributed by atoms with Crippen LogP contribution in [0.2, 0.25) is 0 Å². The molecule has 1 saturated heterocycles.